The Morgan fingerprint density at radius 3 is 2.32 bits per heavy atom. The first kappa shape index (κ1) is 24.4. The van der Waals surface area contributed by atoms with Gasteiger partial charge in [-0.05, 0) is 61.9 Å². The lowest BCUT2D eigenvalue weighted by Gasteiger charge is -2.20. The highest BCUT2D eigenvalue weighted by Gasteiger charge is 2.20. The molecular formula is C26H22Cl3FN2O2. The fraction of sp³-hybridized carbons (Fsp3) is 0.192. The van der Waals surface area contributed by atoms with Gasteiger partial charge in [0.2, 0.25) is 0 Å². The third-order valence-corrected chi connectivity index (χ3v) is 6.73. The minimum absolute atomic E-state index is 0.0159. The van der Waals surface area contributed by atoms with Crippen LogP contribution < -0.4 is 4.74 Å². The molecule has 0 bridgehead atoms. The van der Waals surface area contributed by atoms with Gasteiger partial charge in [-0.3, -0.25) is 0 Å². The van der Waals surface area contributed by atoms with Crippen LogP contribution in [0.4, 0.5) is 9.18 Å². The van der Waals surface area contributed by atoms with E-state index < -0.39 is 11.9 Å². The summed E-state index contributed by atoms with van der Waals surface area (Å²) in [7, 11) is 0. The number of ether oxygens (including phenoxy) is 1. The van der Waals surface area contributed by atoms with Gasteiger partial charge in [-0.2, -0.15) is 0 Å². The number of amides is 1. The quantitative estimate of drug-likeness (QED) is 0.257. The van der Waals surface area contributed by atoms with Gasteiger partial charge in [0.05, 0.1) is 11.6 Å². The van der Waals surface area contributed by atoms with Gasteiger partial charge in [0.25, 0.3) is 0 Å². The number of nitrogens with zero attached hydrogens (tertiary/aromatic N) is 2. The molecule has 3 aromatic carbocycles. The third kappa shape index (κ3) is 4.74. The second-order valence-electron chi connectivity index (χ2n) is 7.68. The zero-order valence-electron chi connectivity index (χ0n) is 18.6. The monoisotopic (exact) mass is 518 g/mol. The summed E-state index contributed by atoms with van der Waals surface area (Å²) in [6, 6.07) is 15.4. The summed E-state index contributed by atoms with van der Waals surface area (Å²) in [5, 5.41) is 1.95. The SMILES string of the molecule is CCN(CC)C(=O)Oc1ccc2c(ccn2Cc2c(Cl)cccc2Cl)c1-c1ccc(F)c(Cl)c1. The molecule has 1 heterocycles. The predicted molar refractivity (Wildman–Crippen MR) is 137 cm³/mol. The lowest BCUT2D eigenvalue weighted by atomic mass is 10.0. The maximum absolute atomic E-state index is 13.9. The maximum Gasteiger partial charge on any atom is 0.415 e. The molecule has 4 aromatic rings. The Balaban J connectivity index is 1.86. The van der Waals surface area contributed by atoms with Gasteiger partial charge >= 0.3 is 6.09 Å². The van der Waals surface area contributed by atoms with Crippen LogP contribution in [-0.4, -0.2) is 28.6 Å². The predicted octanol–water partition coefficient (Wildman–Crippen LogP) is 8.30. The Bertz CT molecular complexity index is 1350. The van der Waals surface area contributed by atoms with E-state index in [4.69, 9.17) is 39.5 Å². The van der Waals surface area contributed by atoms with Crippen LogP contribution in [0, 0.1) is 5.82 Å². The van der Waals surface area contributed by atoms with E-state index in [1.54, 1.807) is 35.2 Å². The van der Waals surface area contributed by atoms with Crippen molar-refractivity contribution >= 4 is 51.8 Å². The van der Waals surface area contributed by atoms with Crippen molar-refractivity contribution in [1.82, 2.24) is 9.47 Å². The summed E-state index contributed by atoms with van der Waals surface area (Å²) in [6.07, 6.45) is 1.45. The number of halogens is 4. The molecule has 0 unspecified atom stereocenters. The second-order valence-corrected chi connectivity index (χ2v) is 8.91. The Kier molecular flexibility index (Phi) is 7.36. The summed E-state index contributed by atoms with van der Waals surface area (Å²) in [6.45, 7) is 5.25. The number of carbonyl (C=O) groups excluding carboxylic acids is 1. The summed E-state index contributed by atoms with van der Waals surface area (Å²) >= 11 is 18.9. The first-order valence-electron chi connectivity index (χ1n) is 10.8. The summed E-state index contributed by atoms with van der Waals surface area (Å²) in [4.78, 5) is 14.3. The van der Waals surface area contributed by atoms with E-state index in [0.29, 0.717) is 46.6 Å². The minimum atomic E-state index is -0.523. The minimum Gasteiger partial charge on any atom is -0.410 e. The van der Waals surface area contributed by atoms with E-state index in [1.807, 2.05) is 36.7 Å². The molecule has 176 valence electrons. The molecule has 4 rings (SSSR count). The van der Waals surface area contributed by atoms with E-state index in [1.165, 1.54) is 12.1 Å². The van der Waals surface area contributed by atoms with Crippen LogP contribution in [0.2, 0.25) is 15.1 Å². The van der Waals surface area contributed by atoms with E-state index >= 15 is 0 Å². The average molecular weight is 520 g/mol. The first-order valence-corrected chi connectivity index (χ1v) is 11.9. The molecule has 0 aliphatic heterocycles. The summed E-state index contributed by atoms with van der Waals surface area (Å²) < 4.78 is 21.7. The molecule has 0 atom stereocenters. The molecule has 4 nitrogen and oxygen atoms in total. The molecular weight excluding hydrogens is 498 g/mol. The number of benzene rings is 3. The van der Waals surface area contributed by atoms with Gasteiger partial charge in [0, 0.05) is 51.4 Å². The van der Waals surface area contributed by atoms with Gasteiger partial charge in [-0.15, -0.1) is 0 Å². The standard InChI is InChI=1S/C26H22Cl3FN2O2/c1-3-31(4-2)26(33)34-24-11-10-23-17(25(24)16-8-9-22(30)21(29)14-16)12-13-32(23)15-18-19(27)6-5-7-20(18)28/h5-14H,3-4,15H2,1-2H3. The van der Waals surface area contributed by atoms with Crippen molar-refractivity contribution in [2.75, 3.05) is 13.1 Å². The highest BCUT2D eigenvalue weighted by atomic mass is 35.5. The van der Waals surface area contributed by atoms with Gasteiger partial charge in [0.1, 0.15) is 11.6 Å². The Morgan fingerprint density at radius 1 is 0.971 bits per heavy atom. The van der Waals surface area contributed by atoms with Crippen LogP contribution in [0.15, 0.2) is 60.8 Å². The first-order chi connectivity index (χ1) is 16.3. The summed E-state index contributed by atoms with van der Waals surface area (Å²) in [5.41, 5.74) is 2.94. The van der Waals surface area contributed by atoms with Crippen molar-refractivity contribution in [3.63, 3.8) is 0 Å². The van der Waals surface area contributed by atoms with Crippen LogP contribution in [0.3, 0.4) is 0 Å². The maximum atomic E-state index is 13.9. The average Bonchev–Trinajstić information content (AvgIpc) is 3.22. The van der Waals surface area contributed by atoms with Crippen molar-refractivity contribution in [3.8, 4) is 16.9 Å². The lowest BCUT2D eigenvalue weighted by Crippen LogP contribution is -2.33. The molecule has 0 aliphatic carbocycles. The van der Waals surface area contributed by atoms with E-state index in [2.05, 4.69) is 0 Å². The second kappa shape index (κ2) is 10.3. The zero-order valence-corrected chi connectivity index (χ0v) is 20.9. The number of carbonyl (C=O) groups is 1. The molecule has 0 saturated heterocycles. The molecule has 1 aromatic heterocycles. The summed E-state index contributed by atoms with van der Waals surface area (Å²) in [5.74, 6) is -0.161. The van der Waals surface area contributed by atoms with Crippen molar-refractivity contribution < 1.29 is 13.9 Å². The number of aromatic nitrogens is 1. The number of fused-ring (bicyclic) bond motifs is 1. The third-order valence-electron chi connectivity index (χ3n) is 5.73. The Morgan fingerprint density at radius 2 is 1.68 bits per heavy atom. The molecule has 0 aliphatic rings. The smallest absolute Gasteiger partial charge is 0.410 e. The number of hydrogen-bond acceptors (Lipinski definition) is 2. The molecule has 8 heteroatoms. The van der Waals surface area contributed by atoms with Gasteiger partial charge < -0.3 is 14.2 Å². The van der Waals surface area contributed by atoms with E-state index in [9.17, 15) is 9.18 Å². The van der Waals surface area contributed by atoms with Crippen LogP contribution in [0.1, 0.15) is 19.4 Å². The van der Waals surface area contributed by atoms with Crippen molar-refractivity contribution in [2.24, 2.45) is 0 Å². The van der Waals surface area contributed by atoms with E-state index in [0.717, 1.165) is 16.5 Å². The molecule has 0 saturated carbocycles. The largest absolute Gasteiger partial charge is 0.415 e. The molecule has 0 radical (unpaired) electrons. The fourth-order valence-corrected chi connectivity index (χ4v) is 4.62. The molecule has 0 spiro atoms. The van der Waals surface area contributed by atoms with Gasteiger partial charge in [0.15, 0.2) is 0 Å². The highest BCUT2D eigenvalue weighted by Crippen LogP contribution is 2.40. The molecule has 34 heavy (non-hydrogen) atoms. The number of hydrogen-bond donors (Lipinski definition) is 0. The van der Waals surface area contributed by atoms with Gasteiger partial charge in [-0.25, -0.2) is 9.18 Å². The zero-order chi connectivity index (χ0) is 24.4. The molecule has 0 N–H and O–H groups in total. The number of rotatable bonds is 6. The van der Waals surface area contributed by atoms with Crippen molar-refractivity contribution in [1.29, 1.82) is 0 Å². The topological polar surface area (TPSA) is 34.5 Å². The Hall–Kier alpha value is -2.73. The van der Waals surface area contributed by atoms with E-state index in [-0.39, 0.29) is 5.02 Å². The highest BCUT2D eigenvalue weighted by molar-refractivity contribution is 6.36. The van der Waals surface area contributed by atoms with Crippen molar-refractivity contribution in [2.45, 2.75) is 20.4 Å². The molecule has 0 fully saturated rings. The molecule has 1 amide bonds. The van der Waals surface area contributed by atoms with Gasteiger partial charge in [-0.1, -0.05) is 46.9 Å². The van der Waals surface area contributed by atoms with Crippen LogP contribution >= 0.6 is 34.8 Å². The normalized spacial score (nSPS) is 11.1. The van der Waals surface area contributed by atoms with Crippen LogP contribution in [0.25, 0.3) is 22.0 Å². The fourth-order valence-electron chi connectivity index (χ4n) is 3.92. The van der Waals surface area contributed by atoms with Crippen molar-refractivity contribution in [3.05, 3.63) is 87.2 Å². The Labute approximate surface area is 212 Å². The van der Waals surface area contributed by atoms with Crippen LogP contribution in [0.5, 0.6) is 5.75 Å². The lowest BCUT2D eigenvalue weighted by molar-refractivity contribution is 0.157. The van der Waals surface area contributed by atoms with Crippen LogP contribution in [-0.2, 0) is 6.54 Å².